The van der Waals surface area contributed by atoms with Crippen LogP contribution in [0.2, 0.25) is 0 Å². The number of benzene rings is 6. The second kappa shape index (κ2) is 29.9. The van der Waals surface area contributed by atoms with E-state index in [4.69, 9.17) is 9.97 Å². The van der Waals surface area contributed by atoms with Gasteiger partial charge in [-0.25, -0.2) is 9.97 Å². The molecule has 14 nitrogen and oxygen atoms in total. The molecule has 0 spiro atoms. The fourth-order valence-corrected chi connectivity index (χ4v) is 11.0. The molecule has 0 aliphatic rings. The number of hydrogen-bond donors (Lipinski definition) is 0. The molecule has 0 aliphatic heterocycles. The summed E-state index contributed by atoms with van der Waals surface area (Å²) >= 11 is 0. The monoisotopic (exact) mass is 1450 g/mol. The quantitative estimate of drug-likeness (QED) is 0.120. The standard InChI is InChI=1S/C24H12N6.4C12H8N2.4ClH.2Ru/c1-5-13-17(25-9-1)18-14(6-2-10-26-18)22-21(13)29-23-15-7-3-11-27-19(15)20-16(24(23)30-22)8-4-12-28-20;4*1-3-9-5-6-10-4-2-8-14-12(10)11(9)13-7-1;;;;;;/h1-12H;4*1-8H;4*1H;;/q;;;;;;;;;2*+2/p-4. The summed E-state index contributed by atoms with van der Waals surface area (Å²) < 4.78 is 0. The average Bonchev–Trinajstić information content (AvgIpc) is 0.721. The molecule has 0 radical (unpaired) electrons. The van der Waals surface area contributed by atoms with E-state index in [0.717, 1.165) is 153 Å². The van der Waals surface area contributed by atoms with Gasteiger partial charge in [-0.3, -0.25) is 59.8 Å². The molecule has 0 amide bonds. The predicted molar refractivity (Wildman–Crippen MR) is 346 cm³/mol. The number of pyridine rings is 12. The van der Waals surface area contributed by atoms with Crippen molar-refractivity contribution in [2.45, 2.75) is 0 Å². The van der Waals surface area contributed by atoms with Crippen LogP contribution in [0.4, 0.5) is 0 Å². The largest absolute Gasteiger partial charge is 2.00 e. The van der Waals surface area contributed by atoms with Crippen LogP contribution in [0.15, 0.2) is 268 Å². The minimum Gasteiger partial charge on any atom is -1.00 e. The summed E-state index contributed by atoms with van der Waals surface area (Å²) in [5.74, 6) is 0. The van der Waals surface area contributed by atoms with E-state index in [1.807, 2.05) is 97.1 Å². The van der Waals surface area contributed by atoms with Crippen molar-refractivity contribution < 1.29 is 88.6 Å². The van der Waals surface area contributed by atoms with Crippen LogP contribution in [0.3, 0.4) is 0 Å². The van der Waals surface area contributed by atoms with Crippen LogP contribution in [-0.2, 0) is 39.0 Å². The zero-order chi connectivity index (χ0) is 57.2. The first-order chi connectivity index (χ1) is 42.7. The Balaban J connectivity index is 0.000000140. The topological polar surface area (TPSA) is 180 Å². The van der Waals surface area contributed by atoms with E-state index < -0.39 is 0 Å². The molecule has 6 aromatic carbocycles. The van der Waals surface area contributed by atoms with Crippen molar-refractivity contribution in [3.8, 4) is 0 Å². The maximum Gasteiger partial charge on any atom is 2.00 e. The smallest absolute Gasteiger partial charge is 1.00 e. The van der Waals surface area contributed by atoms with Crippen LogP contribution in [0, 0.1) is 0 Å². The first-order valence-corrected chi connectivity index (χ1v) is 27.8. The Morgan fingerprint density at radius 1 is 0.141 bits per heavy atom. The molecule has 0 saturated heterocycles. The number of rotatable bonds is 0. The van der Waals surface area contributed by atoms with Gasteiger partial charge in [-0.2, -0.15) is 0 Å². The van der Waals surface area contributed by atoms with Crippen molar-refractivity contribution in [1.29, 1.82) is 0 Å². The number of halogens is 4. The molecule has 446 valence electrons. The molecule has 0 bridgehead atoms. The minimum absolute atomic E-state index is 0. The molecule has 19 rings (SSSR count). The minimum atomic E-state index is 0. The third kappa shape index (κ3) is 12.8. The summed E-state index contributed by atoms with van der Waals surface area (Å²) in [7, 11) is 0. The zero-order valence-corrected chi connectivity index (χ0v) is 54.4. The molecular formula is C72H44Cl4N14Ru2. The Morgan fingerprint density at radius 2 is 0.272 bits per heavy atom. The second-order valence-electron chi connectivity index (χ2n) is 20.1. The molecular weight excluding hydrogens is 1400 g/mol. The van der Waals surface area contributed by atoms with Crippen molar-refractivity contribution in [2.24, 2.45) is 0 Å². The molecule has 13 heterocycles. The van der Waals surface area contributed by atoms with Gasteiger partial charge in [-0.15, -0.1) is 0 Å². The van der Waals surface area contributed by atoms with Gasteiger partial charge in [-0.1, -0.05) is 97.1 Å². The predicted octanol–water partition coefficient (Wildman–Crippen LogP) is 4.12. The summed E-state index contributed by atoms with van der Waals surface area (Å²) in [6, 6.07) is 64.4. The Bertz CT molecular complexity index is 4900. The van der Waals surface area contributed by atoms with Gasteiger partial charge in [0.25, 0.3) is 0 Å². The van der Waals surface area contributed by atoms with Crippen LogP contribution < -0.4 is 49.6 Å². The third-order valence-electron chi connectivity index (χ3n) is 15.0. The molecule has 13 aromatic heterocycles. The van der Waals surface area contributed by atoms with Gasteiger partial charge in [-0.05, 0) is 97.1 Å². The van der Waals surface area contributed by atoms with E-state index in [2.05, 4.69) is 157 Å². The second-order valence-corrected chi connectivity index (χ2v) is 20.1. The SMILES string of the molecule is [Cl-].[Cl-].[Cl-].[Cl-].[Ru+2].[Ru+2].c1cnc2c(c1)c1nc3c4cccnc4c4ncccc4c3nc1c1cccnc12.c1cnc2c(c1)ccc1cccnc12.c1cnc2c(c1)ccc1cccnc12.c1cnc2c(c1)ccc1cccnc12.c1cnc2c(c1)ccc1cccnc12. The Kier molecular flexibility index (Phi) is 21.7. The zero-order valence-electron chi connectivity index (χ0n) is 47.9. The van der Waals surface area contributed by atoms with Crippen LogP contribution in [0.5, 0.6) is 0 Å². The summed E-state index contributed by atoms with van der Waals surface area (Å²) in [5.41, 5.74) is 14.4. The van der Waals surface area contributed by atoms with Gasteiger partial charge in [0.15, 0.2) is 0 Å². The van der Waals surface area contributed by atoms with Gasteiger partial charge in [0, 0.05) is 139 Å². The van der Waals surface area contributed by atoms with Crippen LogP contribution in [0.1, 0.15) is 0 Å². The summed E-state index contributed by atoms with van der Waals surface area (Å²) in [6.45, 7) is 0. The van der Waals surface area contributed by atoms with E-state index >= 15 is 0 Å². The fraction of sp³-hybridized carbons (Fsp3) is 0. The fourth-order valence-electron chi connectivity index (χ4n) is 11.0. The van der Waals surface area contributed by atoms with Crippen molar-refractivity contribution in [2.75, 3.05) is 0 Å². The number of aromatic nitrogens is 14. The molecule has 0 aliphatic carbocycles. The van der Waals surface area contributed by atoms with E-state index in [1.54, 1.807) is 74.4 Å². The van der Waals surface area contributed by atoms with Gasteiger partial charge >= 0.3 is 39.0 Å². The Morgan fingerprint density at radius 3 is 0.424 bits per heavy atom. The summed E-state index contributed by atoms with van der Waals surface area (Å²) in [5, 5.41) is 12.9. The van der Waals surface area contributed by atoms with E-state index in [-0.39, 0.29) is 88.6 Å². The van der Waals surface area contributed by atoms with Crippen molar-refractivity contribution in [3.63, 3.8) is 0 Å². The number of fused-ring (bicyclic) bond motifs is 24. The number of hydrogen-bond acceptors (Lipinski definition) is 14. The van der Waals surface area contributed by atoms with Crippen LogP contribution in [-0.4, -0.2) is 69.8 Å². The molecule has 92 heavy (non-hydrogen) atoms. The first kappa shape index (κ1) is 66.7. The van der Waals surface area contributed by atoms with Crippen molar-refractivity contribution >= 4 is 153 Å². The van der Waals surface area contributed by atoms with Gasteiger partial charge in [0.05, 0.1) is 88.3 Å². The molecule has 20 heteroatoms. The Hall–Kier alpha value is -9.75. The van der Waals surface area contributed by atoms with Crippen LogP contribution in [0.25, 0.3) is 153 Å². The molecule has 0 N–H and O–H groups in total. The van der Waals surface area contributed by atoms with Crippen molar-refractivity contribution in [3.05, 3.63) is 268 Å². The van der Waals surface area contributed by atoms with Crippen molar-refractivity contribution in [1.82, 2.24) is 69.8 Å². The maximum atomic E-state index is 5.14. The molecule has 19 aromatic rings. The molecule has 0 atom stereocenters. The van der Waals surface area contributed by atoms with E-state index in [9.17, 15) is 0 Å². The summed E-state index contributed by atoms with van der Waals surface area (Å²) in [4.78, 5) is 63.4. The average molecular weight is 1450 g/mol. The van der Waals surface area contributed by atoms with E-state index in [0.29, 0.717) is 0 Å². The maximum absolute atomic E-state index is 5.14. The summed E-state index contributed by atoms with van der Waals surface area (Å²) in [6.07, 6.45) is 21.6. The van der Waals surface area contributed by atoms with Crippen LogP contribution >= 0.6 is 0 Å². The normalized spacial score (nSPS) is 10.5. The third-order valence-corrected chi connectivity index (χ3v) is 15.0. The number of nitrogens with zero attached hydrogens (tertiary/aromatic N) is 14. The molecule has 0 unspecified atom stereocenters. The van der Waals surface area contributed by atoms with Gasteiger partial charge in [0.2, 0.25) is 0 Å². The molecule has 0 saturated carbocycles. The van der Waals surface area contributed by atoms with Gasteiger partial charge in [0.1, 0.15) is 0 Å². The Labute approximate surface area is 575 Å². The van der Waals surface area contributed by atoms with Gasteiger partial charge < -0.3 is 49.6 Å². The first-order valence-electron chi connectivity index (χ1n) is 27.8. The van der Waals surface area contributed by atoms with E-state index in [1.165, 1.54) is 0 Å². The molecule has 0 fully saturated rings.